The Morgan fingerprint density at radius 1 is 0.938 bits per heavy atom. The number of amides is 2. The van der Waals surface area contributed by atoms with Crippen molar-refractivity contribution in [1.82, 2.24) is 14.7 Å². The van der Waals surface area contributed by atoms with E-state index in [1.807, 2.05) is 16.2 Å². The molecule has 0 bridgehead atoms. The number of piperazine rings is 1. The van der Waals surface area contributed by atoms with Crippen LogP contribution in [-0.4, -0.2) is 65.8 Å². The molecule has 1 saturated heterocycles. The summed E-state index contributed by atoms with van der Waals surface area (Å²) in [6, 6.07) is 17.3. The maximum Gasteiger partial charge on any atom is 0.246 e. The van der Waals surface area contributed by atoms with Crippen LogP contribution in [0, 0.1) is 0 Å². The van der Waals surface area contributed by atoms with E-state index in [4.69, 9.17) is 0 Å². The molecule has 5 rings (SSSR count). The molecule has 1 aromatic heterocycles. The van der Waals surface area contributed by atoms with Gasteiger partial charge in [0, 0.05) is 37.6 Å². The zero-order valence-electron chi connectivity index (χ0n) is 18.1. The van der Waals surface area contributed by atoms with Gasteiger partial charge in [-0.05, 0) is 45.8 Å². The first kappa shape index (κ1) is 20.9. The number of hydrogen-bond donors (Lipinski definition) is 0. The second-order valence-electron chi connectivity index (χ2n) is 8.40. The smallest absolute Gasteiger partial charge is 0.246 e. The lowest BCUT2D eigenvalue weighted by molar-refractivity contribution is -0.138. The molecule has 1 atom stereocenters. The standard InChI is InChI=1S/C26H27N3O2S/c1-2-24(30)27-13-15-28(16-14-27)25(31)18-29-12-10-23-22(11-17-32-23)26(29)21-9-5-7-19-6-3-4-8-20(19)21/h2-9,11,17,26H,1,10,12-16,18H2. The second kappa shape index (κ2) is 8.88. The lowest BCUT2D eigenvalue weighted by Gasteiger charge is -2.39. The Morgan fingerprint density at radius 2 is 1.69 bits per heavy atom. The molecule has 0 saturated carbocycles. The first-order valence-electron chi connectivity index (χ1n) is 11.1. The zero-order chi connectivity index (χ0) is 22.1. The fraction of sp³-hybridized carbons (Fsp3) is 0.308. The van der Waals surface area contributed by atoms with E-state index in [1.165, 1.54) is 32.9 Å². The van der Waals surface area contributed by atoms with Gasteiger partial charge in [0.15, 0.2) is 0 Å². The Labute approximate surface area is 192 Å². The van der Waals surface area contributed by atoms with Crippen LogP contribution in [-0.2, 0) is 16.0 Å². The molecule has 3 aromatic rings. The predicted octanol–water partition coefficient (Wildman–Crippen LogP) is 3.71. The maximum absolute atomic E-state index is 13.3. The van der Waals surface area contributed by atoms with E-state index in [-0.39, 0.29) is 17.9 Å². The topological polar surface area (TPSA) is 43.9 Å². The van der Waals surface area contributed by atoms with Gasteiger partial charge in [-0.3, -0.25) is 14.5 Å². The minimum atomic E-state index is -0.0610. The van der Waals surface area contributed by atoms with Crippen LogP contribution in [0.25, 0.3) is 10.8 Å². The van der Waals surface area contributed by atoms with E-state index in [0.29, 0.717) is 32.7 Å². The lowest BCUT2D eigenvalue weighted by atomic mass is 9.90. The summed E-state index contributed by atoms with van der Waals surface area (Å²) in [6.07, 6.45) is 2.32. The Morgan fingerprint density at radius 3 is 2.50 bits per heavy atom. The van der Waals surface area contributed by atoms with Gasteiger partial charge in [0.1, 0.15) is 0 Å². The number of carbonyl (C=O) groups excluding carboxylic acids is 2. The first-order chi connectivity index (χ1) is 15.7. The van der Waals surface area contributed by atoms with Crippen LogP contribution in [0.2, 0.25) is 0 Å². The highest BCUT2D eigenvalue weighted by Gasteiger charge is 2.33. The van der Waals surface area contributed by atoms with Crippen LogP contribution >= 0.6 is 11.3 Å². The zero-order valence-corrected chi connectivity index (χ0v) is 18.9. The van der Waals surface area contributed by atoms with Crippen LogP contribution < -0.4 is 0 Å². The van der Waals surface area contributed by atoms with E-state index < -0.39 is 0 Å². The molecule has 1 fully saturated rings. The van der Waals surface area contributed by atoms with Crippen molar-refractivity contribution in [2.75, 3.05) is 39.3 Å². The van der Waals surface area contributed by atoms with Gasteiger partial charge in [0.25, 0.3) is 0 Å². The summed E-state index contributed by atoms with van der Waals surface area (Å²) >= 11 is 1.82. The van der Waals surface area contributed by atoms with E-state index in [2.05, 4.69) is 65.4 Å². The summed E-state index contributed by atoms with van der Waals surface area (Å²) in [5.41, 5.74) is 2.59. The Balaban J connectivity index is 1.40. The van der Waals surface area contributed by atoms with Crippen LogP contribution in [0.3, 0.4) is 0 Å². The molecular weight excluding hydrogens is 418 g/mol. The summed E-state index contributed by atoms with van der Waals surface area (Å²) in [4.78, 5) is 32.5. The van der Waals surface area contributed by atoms with E-state index in [1.54, 1.807) is 4.90 Å². The van der Waals surface area contributed by atoms with E-state index >= 15 is 0 Å². The third-order valence-electron chi connectivity index (χ3n) is 6.64. The maximum atomic E-state index is 13.3. The number of hydrogen-bond acceptors (Lipinski definition) is 4. The average molecular weight is 446 g/mol. The minimum Gasteiger partial charge on any atom is -0.338 e. The van der Waals surface area contributed by atoms with Gasteiger partial charge in [-0.25, -0.2) is 0 Å². The molecule has 2 aliphatic heterocycles. The molecule has 3 heterocycles. The summed E-state index contributed by atoms with van der Waals surface area (Å²) < 4.78 is 0. The normalized spacial score (nSPS) is 19.1. The number of rotatable bonds is 4. The van der Waals surface area contributed by atoms with Gasteiger partial charge in [-0.15, -0.1) is 11.3 Å². The number of nitrogens with zero attached hydrogens (tertiary/aromatic N) is 3. The monoisotopic (exact) mass is 445 g/mol. The minimum absolute atomic E-state index is 0.0610. The van der Waals surface area contributed by atoms with Crippen LogP contribution in [0.5, 0.6) is 0 Å². The Kier molecular flexibility index (Phi) is 5.81. The van der Waals surface area contributed by atoms with Crippen LogP contribution in [0.4, 0.5) is 0 Å². The number of carbonyl (C=O) groups is 2. The van der Waals surface area contributed by atoms with Crippen molar-refractivity contribution in [2.24, 2.45) is 0 Å². The summed E-state index contributed by atoms with van der Waals surface area (Å²) in [7, 11) is 0. The molecular formula is C26H27N3O2S. The van der Waals surface area contributed by atoms with Gasteiger partial charge in [0.2, 0.25) is 11.8 Å². The van der Waals surface area contributed by atoms with Crippen molar-refractivity contribution in [3.63, 3.8) is 0 Å². The molecule has 5 nitrogen and oxygen atoms in total. The van der Waals surface area contributed by atoms with Gasteiger partial charge in [0.05, 0.1) is 12.6 Å². The second-order valence-corrected chi connectivity index (χ2v) is 9.40. The highest BCUT2D eigenvalue weighted by Crippen LogP contribution is 2.40. The molecule has 32 heavy (non-hydrogen) atoms. The Bertz CT molecular complexity index is 1160. The van der Waals surface area contributed by atoms with Crippen LogP contribution in [0.1, 0.15) is 22.0 Å². The molecule has 0 aliphatic carbocycles. The van der Waals surface area contributed by atoms with Gasteiger partial charge in [-0.2, -0.15) is 0 Å². The van der Waals surface area contributed by atoms with Gasteiger partial charge >= 0.3 is 0 Å². The molecule has 6 heteroatoms. The largest absolute Gasteiger partial charge is 0.338 e. The summed E-state index contributed by atoms with van der Waals surface area (Å²) in [5, 5.41) is 4.64. The molecule has 164 valence electrons. The number of benzene rings is 2. The molecule has 0 spiro atoms. The van der Waals surface area contributed by atoms with Gasteiger partial charge < -0.3 is 9.80 Å². The van der Waals surface area contributed by atoms with Crippen molar-refractivity contribution in [3.05, 3.63) is 82.6 Å². The molecule has 0 radical (unpaired) electrons. The SMILES string of the molecule is C=CC(=O)N1CCN(C(=O)CN2CCc3sccc3C2c2cccc3ccccc23)CC1. The number of thiophene rings is 1. The third kappa shape index (κ3) is 3.85. The fourth-order valence-corrected chi connectivity index (χ4v) is 5.87. The predicted molar refractivity (Wildman–Crippen MR) is 129 cm³/mol. The van der Waals surface area contributed by atoms with E-state index in [9.17, 15) is 9.59 Å². The van der Waals surface area contributed by atoms with Crippen molar-refractivity contribution < 1.29 is 9.59 Å². The van der Waals surface area contributed by atoms with Crippen molar-refractivity contribution in [2.45, 2.75) is 12.5 Å². The average Bonchev–Trinajstić information content (AvgIpc) is 3.32. The van der Waals surface area contributed by atoms with Crippen molar-refractivity contribution >= 4 is 33.9 Å². The highest BCUT2D eigenvalue weighted by atomic mass is 32.1. The quantitative estimate of drug-likeness (QED) is 0.575. The third-order valence-corrected chi connectivity index (χ3v) is 7.64. The molecule has 1 unspecified atom stereocenters. The Hall–Kier alpha value is -2.96. The molecule has 2 aromatic carbocycles. The molecule has 0 N–H and O–H groups in total. The van der Waals surface area contributed by atoms with Crippen molar-refractivity contribution in [1.29, 1.82) is 0 Å². The van der Waals surface area contributed by atoms with Gasteiger partial charge in [-0.1, -0.05) is 49.0 Å². The van der Waals surface area contributed by atoms with E-state index in [0.717, 1.165) is 13.0 Å². The molecule has 2 amide bonds. The summed E-state index contributed by atoms with van der Waals surface area (Å²) in [5.74, 6) is 0.0776. The first-order valence-corrected chi connectivity index (χ1v) is 12.0. The van der Waals surface area contributed by atoms with Crippen LogP contribution in [0.15, 0.2) is 66.6 Å². The van der Waals surface area contributed by atoms with Crippen molar-refractivity contribution in [3.8, 4) is 0 Å². The lowest BCUT2D eigenvalue weighted by Crippen LogP contribution is -2.53. The highest BCUT2D eigenvalue weighted by molar-refractivity contribution is 7.10. The fourth-order valence-electron chi connectivity index (χ4n) is 4.97. The summed E-state index contributed by atoms with van der Waals surface area (Å²) in [6.45, 7) is 7.10. The number of fused-ring (bicyclic) bond motifs is 2. The molecule has 2 aliphatic rings.